The summed E-state index contributed by atoms with van der Waals surface area (Å²) in [6.07, 6.45) is 3.95. The number of carbonyl (C=O) groups is 2. The number of amides is 2. The van der Waals surface area contributed by atoms with Crippen molar-refractivity contribution in [1.29, 1.82) is 0 Å². The second-order valence-corrected chi connectivity index (χ2v) is 7.94. The zero-order valence-electron chi connectivity index (χ0n) is 16.8. The van der Waals surface area contributed by atoms with Crippen molar-refractivity contribution in [3.8, 4) is 0 Å². The fourth-order valence-electron chi connectivity index (χ4n) is 4.03. The number of hydrogen-bond donors (Lipinski definition) is 2. The molecule has 0 bridgehead atoms. The minimum absolute atomic E-state index is 0.00538. The number of benzene rings is 2. The van der Waals surface area contributed by atoms with E-state index in [0.717, 1.165) is 48.9 Å². The molecule has 4 nitrogen and oxygen atoms in total. The largest absolute Gasteiger partial charge is 0.356 e. The van der Waals surface area contributed by atoms with Gasteiger partial charge in [-0.25, -0.2) is 0 Å². The van der Waals surface area contributed by atoms with E-state index in [1.54, 1.807) is 0 Å². The fourth-order valence-corrected chi connectivity index (χ4v) is 4.03. The molecule has 0 aliphatic heterocycles. The molecule has 1 aliphatic carbocycles. The van der Waals surface area contributed by atoms with Gasteiger partial charge in [0.15, 0.2) is 0 Å². The molecule has 4 heteroatoms. The molecule has 2 N–H and O–H groups in total. The fraction of sp³-hybridized carbons (Fsp3) is 0.417. The summed E-state index contributed by atoms with van der Waals surface area (Å²) in [5.74, 6) is 0.229. The first-order valence-electron chi connectivity index (χ1n) is 10.2. The van der Waals surface area contributed by atoms with Gasteiger partial charge in [-0.2, -0.15) is 0 Å². The third-order valence-corrected chi connectivity index (χ3v) is 5.51. The minimum atomic E-state index is -0.00538. The van der Waals surface area contributed by atoms with Crippen LogP contribution in [0.3, 0.4) is 0 Å². The summed E-state index contributed by atoms with van der Waals surface area (Å²) in [7, 11) is 0. The van der Waals surface area contributed by atoms with Crippen LogP contribution in [-0.4, -0.2) is 18.4 Å². The summed E-state index contributed by atoms with van der Waals surface area (Å²) in [4.78, 5) is 25.0. The Hall–Kier alpha value is -2.62. The van der Waals surface area contributed by atoms with Crippen LogP contribution in [0, 0.1) is 25.7 Å². The van der Waals surface area contributed by atoms with Crippen LogP contribution >= 0.6 is 0 Å². The van der Waals surface area contributed by atoms with Crippen LogP contribution in [-0.2, 0) is 16.0 Å². The first-order chi connectivity index (χ1) is 13.5. The van der Waals surface area contributed by atoms with Crippen molar-refractivity contribution < 1.29 is 9.59 Å². The maximum atomic E-state index is 12.6. The first kappa shape index (κ1) is 20.1. The van der Waals surface area contributed by atoms with E-state index >= 15 is 0 Å². The molecule has 0 aromatic heterocycles. The predicted octanol–water partition coefficient (Wildman–Crippen LogP) is 4.41. The van der Waals surface area contributed by atoms with Crippen LogP contribution in [0.5, 0.6) is 0 Å². The molecule has 0 heterocycles. The van der Waals surface area contributed by atoms with E-state index in [4.69, 9.17) is 0 Å². The lowest BCUT2D eigenvalue weighted by molar-refractivity contribution is -0.128. The molecule has 2 aromatic rings. The summed E-state index contributed by atoms with van der Waals surface area (Å²) in [5, 5.41) is 6.11. The molecule has 1 fully saturated rings. The van der Waals surface area contributed by atoms with Gasteiger partial charge in [-0.1, -0.05) is 36.4 Å². The van der Waals surface area contributed by atoms with Gasteiger partial charge >= 0.3 is 0 Å². The summed E-state index contributed by atoms with van der Waals surface area (Å²) >= 11 is 0. The highest BCUT2D eigenvalue weighted by Crippen LogP contribution is 2.30. The number of hydrogen-bond acceptors (Lipinski definition) is 2. The van der Waals surface area contributed by atoms with Gasteiger partial charge in [0.2, 0.25) is 11.8 Å². The molecule has 0 spiro atoms. The quantitative estimate of drug-likeness (QED) is 0.782. The van der Waals surface area contributed by atoms with Gasteiger partial charge in [0.05, 0.1) is 0 Å². The van der Waals surface area contributed by atoms with Gasteiger partial charge in [0, 0.05) is 24.1 Å². The average Bonchev–Trinajstić information content (AvgIpc) is 2.68. The zero-order valence-corrected chi connectivity index (χ0v) is 16.8. The Labute approximate surface area is 167 Å². The van der Waals surface area contributed by atoms with Gasteiger partial charge in [-0.15, -0.1) is 0 Å². The molecule has 0 radical (unpaired) electrons. The molecule has 3 rings (SSSR count). The van der Waals surface area contributed by atoms with Crippen molar-refractivity contribution in [3.63, 3.8) is 0 Å². The predicted molar refractivity (Wildman–Crippen MR) is 113 cm³/mol. The highest BCUT2D eigenvalue weighted by atomic mass is 16.2. The standard InChI is InChI=1S/C24H30N2O2/c1-17-14-18(2)16-22(15-17)26-24(28)21-10-8-20(9-11-21)23(27)25-13-12-19-6-4-3-5-7-19/h3-7,14-16,20-21H,8-13H2,1-2H3,(H,25,27)(H,26,28). The Kier molecular flexibility index (Phi) is 6.85. The highest BCUT2D eigenvalue weighted by molar-refractivity contribution is 5.93. The minimum Gasteiger partial charge on any atom is -0.356 e. The maximum absolute atomic E-state index is 12.6. The molecule has 1 aliphatic rings. The summed E-state index contributed by atoms with van der Waals surface area (Å²) in [5.41, 5.74) is 4.38. The smallest absolute Gasteiger partial charge is 0.227 e. The molecule has 2 aromatic carbocycles. The van der Waals surface area contributed by atoms with Crippen LogP contribution in [0.15, 0.2) is 48.5 Å². The lowest BCUT2D eigenvalue weighted by Crippen LogP contribution is -2.36. The van der Waals surface area contributed by atoms with Crippen LogP contribution in [0.1, 0.15) is 42.4 Å². The molecule has 2 amide bonds. The maximum Gasteiger partial charge on any atom is 0.227 e. The van der Waals surface area contributed by atoms with Crippen molar-refractivity contribution in [2.75, 3.05) is 11.9 Å². The van der Waals surface area contributed by atoms with E-state index < -0.39 is 0 Å². The number of aryl methyl sites for hydroxylation is 2. The van der Waals surface area contributed by atoms with Gasteiger partial charge in [-0.3, -0.25) is 9.59 Å². The Morgan fingerprint density at radius 1 is 0.857 bits per heavy atom. The molecular weight excluding hydrogens is 348 g/mol. The van der Waals surface area contributed by atoms with Crippen molar-refractivity contribution >= 4 is 17.5 Å². The van der Waals surface area contributed by atoms with Crippen LogP contribution in [0.4, 0.5) is 5.69 Å². The number of anilines is 1. The zero-order chi connectivity index (χ0) is 19.9. The molecule has 0 atom stereocenters. The number of carbonyl (C=O) groups excluding carboxylic acids is 2. The average molecular weight is 379 g/mol. The van der Waals surface area contributed by atoms with E-state index in [2.05, 4.69) is 28.8 Å². The molecular formula is C24H30N2O2. The summed E-state index contributed by atoms with van der Waals surface area (Å²) in [6.45, 7) is 4.73. The lowest BCUT2D eigenvalue weighted by Gasteiger charge is -2.27. The molecule has 148 valence electrons. The summed E-state index contributed by atoms with van der Waals surface area (Å²) in [6, 6.07) is 16.3. The van der Waals surface area contributed by atoms with Crippen molar-refractivity contribution in [1.82, 2.24) is 5.32 Å². The summed E-state index contributed by atoms with van der Waals surface area (Å²) < 4.78 is 0. The third-order valence-electron chi connectivity index (χ3n) is 5.51. The Morgan fingerprint density at radius 3 is 2.04 bits per heavy atom. The number of rotatable bonds is 6. The Morgan fingerprint density at radius 2 is 1.43 bits per heavy atom. The molecule has 28 heavy (non-hydrogen) atoms. The van der Waals surface area contributed by atoms with Gasteiger partial charge < -0.3 is 10.6 Å². The van der Waals surface area contributed by atoms with Gasteiger partial charge in [0.1, 0.15) is 0 Å². The van der Waals surface area contributed by atoms with E-state index in [-0.39, 0.29) is 23.7 Å². The first-order valence-corrected chi connectivity index (χ1v) is 10.2. The van der Waals surface area contributed by atoms with E-state index in [0.29, 0.717) is 6.54 Å². The van der Waals surface area contributed by atoms with Gasteiger partial charge in [-0.05, 0) is 74.8 Å². The van der Waals surface area contributed by atoms with E-state index in [1.807, 2.05) is 44.2 Å². The Bertz CT molecular complexity index is 788. The Balaban J connectivity index is 1.42. The molecule has 1 saturated carbocycles. The van der Waals surface area contributed by atoms with Crippen molar-refractivity contribution in [2.45, 2.75) is 46.0 Å². The molecule has 0 saturated heterocycles. The normalized spacial score (nSPS) is 19.1. The van der Waals surface area contributed by atoms with Crippen LogP contribution in [0.2, 0.25) is 0 Å². The van der Waals surface area contributed by atoms with Crippen molar-refractivity contribution in [2.24, 2.45) is 11.8 Å². The second-order valence-electron chi connectivity index (χ2n) is 7.94. The SMILES string of the molecule is Cc1cc(C)cc(NC(=O)C2CCC(C(=O)NCCc3ccccc3)CC2)c1. The molecule has 0 unspecified atom stereocenters. The van der Waals surface area contributed by atoms with Crippen LogP contribution < -0.4 is 10.6 Å². The second kappa shape index (κ2) is 9.54. The van der Waals surface area contributed by atoms with Crippen molar-refractivity contribution in [3.05, 3.63) is 65.2 Å². The van der Waals surface area contributed by atoms with Crippen LogP contribution in [0.25, 0.3) is 0 Å². The number of nitrogens with one attached hydrogen (secondary N) is 2. The van der Waals surface area contributed by atoms with E-state index in [9.17, 15) is 9.59 Å². The third kappa shape index (κ3) is 5.69. The topological polar surface area (TPSA) is 58.2 Å². The monoisotopic (exact) mass is 378 g/mol. The van der Waals surface area contributed by atoms with Gasteiger partial charge in [0.25, 0.3) is 0 Å². The highest BCUT2D eigenvalue weighted by Gasteiger charge is 2.29. The lowest BCUT2D eigenvalue weighted by atomic mass is 9.81. The van der Waals surface area contributed by atoms with E-state index in [1.165, 1.54) is 5.56 Å².